The van der Waals surface area contributed by atoms with Gasteiger partial charge in [0.15, 0.2) is 12.3 Å². The van der Waals surface area contributed by atoms with Crippen LogP contribution in [-0.4, -0.2) is 32.4 Å². The Labute approximate surface area is 167 Å². The third-order valence-corrected chi connectivity index (χ3v) is 4.07. The number of aliphatic hydroxyl groups excluding tert-OH is 1. The molecule has 11 heteroatoms. The van der Waals surface area contributed by atoms with E-state index in [1.165, 1.54) is 30.6 Å². The molecule has 1 aromatic carbocycles. The molecule has 2 N–H and O–H groups in total. The number of carbonyl (C=O) groups is 1. The first-order valence-corrected chi connectivity index (χ1v) is 8.56. The number of halogens is 4. The maximum atomic E-state index is 13.1. The van der Waals surface area contributed by atoms with E-state index in [0.717, 1.165) is 4.68 Å². The quantitative estimate of drug-likeness (QED) is 0.630. The molecule has 29 heavy (non-hydrogen) atoms. The third kappa shape index (κ3) is 4.84. The Hall–Kier alpha value is -3.11. The Morgan fingerprint density at radius 1 is 1.28 bits per heavy atom. The number of hydrogen-bond donors (Lipinski definition) is 2. The summed E-state index contributed by atoms with van der Waals surface area (Å²) in [5, 5.41) is 15.4. The number of benzene rings is 1. The van der Waals surface area contributed by atoms with Crippen molar-refractivity contribution in [1.82, 2.24) is 14.8 Å². The van der Waals surface area contributed by atoms with E-state index < -0.39 is 24.4 Å². The number of nitrogens with zero attached hydrogens (tertiary/aromatic N) is 3. The minimum Gasteiger partial charge on any atom is -0.467 e. The molecule has 0 saturated carbocycles. The number of aliphatic hydroxyl groups is 1. The van der Waals surface area contributed by atoms with Crippen LogP contribution in [0.2, 0.25) is 5.02 Å². The van der Waals surface area contributed by atoms with Crippen LogP contribution in [0.3, 0.4) is 0 Å². The highest BCUT2D eigenvalue weighted by molar-refractivity contribution is 6.32. The normalized spacial score (nSPS) is 11.3. The van der Waals surface area contributed by atoms with Gasteiger partial charge < -0.3 is 15.2 Å². The Kier molecular flexibility index (Phi) is 6.04. The first-order valence-electron chi connectivity index (χ1n) is 8.18. The van der Waals surface area contributed by atoms with Crippen molar-refractivity contribution < 1.29 is 27.8 Å². The molecule has 0 aliphatic carbocycles. The fraction of sp³-hybridized carbons (Fsp3) is 0.167. The topological polar surface area (TPSA) is 89.3 Å². The van der Waals surface area contributed by atoms with Crippen molar-refractivity contribution in [1.29, 1.82) is 0 Å². The highest BCUT2D eigenvalue weighted by Crippen LogP contribution is 2.33. The predicted molar refractivity (Wildman–Crippen MR) is 97.9 cm³/mol. The van der Waals surface area contributed by atoms with E-state index in [1.54, 1.807) is 12.1 Å². The number of pyridine rings is 1. The second kappa shape index (κ2) is 8.50. The molecule has 3 rings (SSSR count). The van der Waals surface area contributed by atoms with E-state index in [0.29, 0.717) is 17.3 Å². The van der Waals surface area contributed by atoms with Gasteiger partial charge in [-0.25, -0.2) is 0 Å². The summed E-state index contributed by atoms with van der Waals surface area (Å²) < 4.78 is 45.4. The van der Waals surface area contributed by atoms with Crippen molar-refractivity contribution in [3.05, 3.63) is 65.1 Å². The molecule has 7 nitrogen and oxygen atoms in total. The van der Waals surface area contributed by atoms with Crippen molar-refractivity contribution in [3.8, 4) is 11.6 Å². The number of hydrogen-bond acceptors (Lipinski definition) is 5. The molecular formula is C18H14ClF3N4O3. The standard InChI is InChI=1S/C18H14ClF3N4O3/c19-12-3-1-2-4-14(12)26-17(7-15(25-26)18(20,21)22)29-10-16(28)24-13-5-6-23-8-11(13)9-27/h1-8,27H,9-10H2,(H,23,24,28). The number of carbonyl (C=O) groups excluding carboxylic acids is 1. The van der Waals surface area contributed by atoms with Gasteiger partial charge in [-0.2, -0.15) is 23.0 Å². The van der Waals surface area contributed by atoms with Gasteiger partial charge in [-0.1, -0.05) is 23.7 Å². The smallest absolute Gasteiger partial charge is 0.435 e. The average Bonchev–Trinajstić information content (AvgIpc) is 3.12. The molecule has 152 valence electrons. The summed E-state index contributed by atoms with van der Waals surface area (Å²) >= 11 is 6.05. The number of para-hydroxylation sites is 1. The minimum absolute atomic E-state index is 0.156. The van der Waals surface area contributed by atoms with E-state index >= 15 is 0 Å². The number of amides is 1. The lowest BCUT2D eigenvalue weighted by Crippen LogP contribution is -2.21. The first-order chi connectivity index (χ1) is 13.8. The minimum atomic E-state index is -4.71. The van der Waals surface area contributed by atoms with Crippen LogP contribution in [0.15, 0.2) is 48.8 Å². The summed E-state index contributed by atoms with van der Waals surface area (Å²) in [4.78, 5) is 16.0. The molecule has 2 heterocycles. The van der Waals surface area contributed by atoms with Crippen LogP contribution in [0, 0.1) is 0 Å². The van der Waals surface area contributed by atoms with E-state index in [9.17, 15) is 23.1 Å². The molecule has 0 bridgehead atoms. The third-order valence-electron chi connectivity index (χ3n) is 3.75. The molecule has 0 radical (unpaired) electrons. The van der Waals surface area contributed by atoms with E-state index in [1.807, 2.05) is 0 Å². The molecule has 0 aliphatic rings. The number of aromatic nitrogens is 3. The van der Waals surface area contributed by atoms with Crippen molar-refractivity contribution in [2.45, 2.75) is 12.8 Å². The Balaban J connectivity index is 1.82. The average molecular weight is 427 g/mol. The summed E-state index contributed by atoms with van der Waals surface area (Å²) in [6.45, 7) is -0.945. The van der Waals surface area contributed by atoms with Gasteiger partial charge in [-0.05, 0) is 18.2 Å². The summed E-state index contributed by atoms with van der Waals surface area (Å²) in [5.41, 5.74) is -0.339. The lowest BCUT2D eigenvalue weighted by atomic mass is 10.2. The van der Waals surface area contributed by atoms with Crippen molar-refractivity contribution >= 4 is 23.2 Å². The van der Waals surface area contributed by atoms with Crippen molar-refractivity contribution in [2.24, 2.45) is 0 Å². The maximum absolute atomic E-state index is 13.1. The van der Waals surface area contributed by atoms with Gasteiger partial charge in [-0.3, -0.25) is 9.78 Å². The Morgan fingerprint density at radius 2 is 2.03 bits per heavy atom. The zero-order valence-corrected chi connectivity index (χ0v) is 15.4. The summed E-state index contributed by atoms with van der Waals surface area (Å²) in [6, 6.07) is 8.30. The zero-order chi connectivity index (χ0) is 21.0. The van der Waals surface area contributed by atoms with Gasteiger partial charge in [0.2, 0.25) is 5.88 Å². The lowest BCUT2D eigenvalue weighted by molar-refractivity contribution is -0.141. The van der Waals surface area contributed by atoms with Crippen LogP contribution >= 0.6 is 11.6 Å². The van der Waals surface area contributed by atoms with Gasteiger partial charge in [-0.15, -0.1) is 0 Å². The van der Waals surface area contributed by atoms with Crippen LogP contribution in [0.1, 0.15) is 11.3 Å². The summed E-state index contributed by atoms with van der Waals surface area (Å²) in [5.74, 6) is -0.955. The second-order valence-electron chi connectivity index (χ2n) is 5.76. The highest BCUT2D eigenvalue weighted by atomic mass is 35.5. The van der Waals surface area contributed by atoms with Crippen LogP contribution in [0.25, 0.3) is 5.69 Å². The molecule has 0 unspecified atom stereocenters. The van der Waals surface area contributed by atoms with E-state index in [4.69, 9.17) is 16.3 Å². The molecule has 0 spiro atoms. The molecule has 0 atom stereocenters. The van der Waals surface area contributed by atoms with Gasteiger partial charge in [0.05, 0.1) is 17.3 Å². The molecular weight excluding hydrogens is 413 g/mol. The Morgan fingerprint density at radius 3 is 2.72 bits per heavy atom. The molecule has 3 aromatic rings. The molecule has 1 amide bonds. The fourth-order valence-corrected chi connectivity index (χ4v) is 2.62. The van der Waals surface area contributed by atoms with Crippen LogP contribution in [-0.2, 0) is 17.6 Å². The maximum Gasteiger partial charge on any atom is 0.435 e. The molecule has 0 fully saturated rings. The number of ether oxygens (including phenoxy) is 1. The van der Waals surface area contributed by atoms with Crippen molar-refractivity contribution in [2.75, 3.05) is 11.9 Å². The van der Waals surface area contributed by atoms with Gasteiger partial charge >= 0.3 is 6.18 Å². The van der Waals surface area contributed by atoms with Crippen LogP contribution in [0.4, 0.5) is 18.9 Å². The molecule has 0 aliphatic heterocycles. The largest absolute Gasteiger partial charge is 0.467 e. The molecule has 0 saturated heterocycles. The van der Waals surface area contributed by atoms with Gasteiger partial charge in [0.1, 0.15) is 0 Å². The monoisotopic (exact) mass is 426 g/mol. The van der Waals surface area contributed by atoms with Gasteiger partial charge in [0, 0.05) is 29.7 Å². The van der Waals surface area contributed by atoms with E-state index in [2.05, 4.69) is 15.4 Å². The lowest BCUT2D eigenvalue weighted by Gasteiger charge is -2.11. The Bertz CT molecular complexity index is 1020. The van der Waals surface area contributed by atoms with Gasteiger partial charge in [0.25, 0.3) is 5.91 Å². The fourth-order valence-electron chi connectivity index (χ4n) is 2.40. The van der Waals surface area contributed by atoms with Crippen LogP contribution < -0.4 is 10.1 Å². The predicted octanol–water partition coefficient (Wildman–Crippen LogP) is 3.45. The summed E-state index contributed by atoms with van der Waals surface area (Å²) in [6.07, 6.45) is -1.92. The van der Waals surface area contributed by atoms with E-state index in [-0.39, 0.29) is 23.2 Å². The number of rotatable bonds is 6. The van der Waals surface area contributed by atoms with Crippen LogP contribution in [0.5, 0.6) is 5.88 Å². The zero-order valence-electron chi connectivity index (χ0n) is 14.7. The first kappa shape index (κ1) is 20.6. The summed E-state index contributed by atoms with van der Waals surface area (Å²) in [7, 11) is 0. The second-order valence-corrected chi connectivity index (χ2v) is 6.16. The highest BCUT2D eigenvalue weighted by Gasteiger charge is 2.36. The number of anilines is 1. The SMILES string of the molecule is O=C(COc1cc(C(F)(F)F)nn1-c1ccccc1Cl)Nc1ccncc1CO. The molecule has 2 aromatic heterocycles. The van der Waals surface area contributed by atoms with Crippen molar-refractivity contribution in [3.63, 3.8) is 0 Å². The number of nitrogens with one attached hydrogen (secondary N) is 1. The number of alkyl halides is 3.